The van der Waals surface area contributed by atoms with E-state index >= 15 is 0 Å². The van der Waals surface area contributed by atoms with Gasteiger partial charge in [-0.25, -0.2) is 9.59 Å². The lowest BCUT2D eigenvalue weighted by Crippen LogP contribution is -2.41. The molecule has 1 fully saturated rings. The molecule has 8 heteroatoms. The topological polar surface area (TPSA) is 108 Å². The molecule has 0 amide bonds. The van der Waals surface area contributed by atoms with Crippen molar-refractivity contribution >= 4 is 11.9 Å². The van der Waals surface area contributed by atoms with Gasteiger partial charge in [-0.3, -0.25) is 4.90 Å². The number of aliphatic hydroxyl groups is 2. The van der Waals surface area contributed by atoms with Crippen molar-refractivity contribution in [2.75, 3.05) is 26.2 Å². The Balaban J connectivity index is 1.17. The molecule has 2 aromatic rings. The average Bonchev–Trinajstić information content (AvgIpc) is 3.54. The number of aliphatic hydroxyl groups excluding tert-OH is 2. The van der Waals surface area contributed by atoms with Crippen LogP contribution in [0.2, 0.25) is 0 Å². The van der Waals surface area contributed by atoms with E-state index in [4.69, 9.17) is 9.47 Å². The quantitative estimate of drug-likeness (QED) is 0.495. The second kappa shape index (κ2) is 9.70. The zero-order valence-corrected chi connectivity index (χ0v) is 20.2. The summed E-state index contributed by atoms with van der Waals surface area (Å²) in [6.07, 6.45) is 0.751. The predicted octanol–water partition coefficient (Wildman–Crippen LogP) is 2.47. The highest BCUT2D eigenvalue weighted by Gasteiger charge is 2.30. The van der Waals surface area contributed by atoms with Crippen LogP contribution in [0.5, 0.6) is 0 Å². The van der Waals surface area contributed by atoms with E-state index in [-0.39, 0.29) is 31.2 Å². The van der Waals surface area contributed by atoms with Crippen molar-refractivity contribution in [1.82, 2.24) is 10.2 Å². The van der Waals surface area contributed by atoms with E-state index in [0.29, 0.717) is 30.8 Å². The summed E-state index contributed by atoms with van der Waals surface area (Å²) in [4.78, 5) is 25.9. The fourth-order valence-corrected chi connectivity index (χ4v) is 5.64. The summed E-state index contributed by atoms with van der Waals surface area (Å²) in [5, 5.41) is 25.2. The monoisotopic (exact) mass is 480 g/mol. The molecule has 3 atom stereocenters. The van der Waals surface area contributed by atoms with Gasteiger partial charge < -0.3 is 25.0 Å². The third-order valence-corrected chi connectivity index (χ3v) is 7.76. The minimum Gasteiger partial charge on any atom is -0.457 e. The number of fused-ring (bicyclic) bond motifs is 2. The van der Waals surface area contributed by atoms with Gasteiger partial charge in [0.25, 0.3) is 0 Å². The number of likely N-dealkylation sites (tertiary alicyclic amines) is 1. The summed E-state index contributed by atoms with van der Waals surface area (Å²) in [5.41, 5.74) is 6.40. The van der Waals surface area contributed by atoms with Crippen molar-refractivity contribution in [1.29, 1.82) is 0 Å². The first-order valence-corrected chi connectivity index (χ1v) is 12.2. The Bertz CT molecular complexity index is 1160. The lowest BCUT2D eigenvalue weighted by Gasteiger charge is -2.28. The van der Waals surface area contributed by atoms with Crippen LogP contribution in [0.4, 0.5) is 0 Å². The van der Waals surface area contributed by atoms with Gasteiger partial charge in [-0.05, 0) is 67.6 Å². The molecular formula is C27H32N2O6. The first-order valence-electron chi connectivity index (χ1n) is 12.2. The van der Waals surface area contributed by atoms with Crippen molar-refractivity contribution in [3.63, 3.8) is 0 Å². The van der Waals surface area contributed by atoms with Gasteiger partial charge in [-0.2, -0.15) is 0 Å². The van der Waals surface area contributed by atoms with Crippen LogP contribution in [0.25, 0.3) is 0 Å². The number of esters is 2. The molecule has 0 saturated carbocycles. The highest BCUT2D eigenvalue weighted by Crippen LogP contribution is 2.31. The molecule has 1 saturated heterocycles. The fourth-order valence-electron chi connectivity index (χ4n) is 5.64. The number of hydrogen-bond acceptors (Lipinski definition) is 8. The average molecular weight is 481 g/mol. The minimum atomic E-state index is -0.685. The lowest BCUT2D eigenvalue weighted by atomic mass is 9.95. The molecule has 35 heavy (non-hydrogen) atoms. The number of benzene rings is 2. The summed E-state index contributed by atoms with van der Waals surface area (Å²) < 4.78 is 10.3. The van der Waals surface area contributed by atoms with Crippen LogP contribution in [0.15, 0.2) is 24.3 Å². The number of carbonyl (C=O) groups is 2. The van der Waals surface area contributed by atoms with Crippen molar-refractivity contribution in [2.24, 2.45) is 0 Å². The van der Waals surface area contributed by atoms with Crippen molar-refractivity contribution in [3.8, 4) is 0 Å². The van der Waals surface area contributed by atoms with E-state index in [1.54, 1.807) is 12.1 Å². The Morgan fingerprint density at radius 3 is 2.11 bits per heavy atom. The van der Waals surface area contributed by atoms with Crippen LogP contribution in [-0.4, -0.2) is 59.3 Å². The summed E-state index contributed by atoms with van der Waals surface area (Å²) >= 11 is 0. The molecule has 0 aliphatic carbocycles. The maximum Gasteiger partial charge on any atom is 0.338 e. The Morgan fingerprint density at radius 1 is 0.943 bits per heavy atom. The van der Waals surface area contributed by atoms with Crippen LogP contribution in [0, 0.1) is 13.8 Å². The number of ether oxygens (including phenoxy) is 2. The second-order valence-corrected chi connectivity index (χ2v) is 9.74. The highest BCUT2D eigenvalue weighted by atomic mass is 16.5. The van der Waals surface area contributed by atoms with Crippen molar-refractivity contribution in [2.45, 2.75) is 58.2 Å². The number of carbonyl (C=O) groups excluding carboxylic acids is 2. The normalized spacial score (nSPS) is 21.0. The van der Waals surface area contributed by atoms with Gasteiger partial charge in [0.2, 0.25) is 0 Å². The van der Waals surface area contributed by atoms with E-state index in [2.05, 4.69) is 10.2 Å². The van der Waals surface area contributed by atoms with E-state index < -0.39 is 12.2 Å². The standard InChI is InChI=1S/C27H32N2O6/c1-15-18(5-7-20-22(15)13-34-26(20)32)24(30)11-28-10-17-4-3-9-29(17)12-25(31)19-6-8-21-23(16(19)2)14-35-27(21)33/h5-8,17,24-25,28,30-31H,3-4,9-14H2,1-2H3/t17-,24+,25+/m1/s1. The first-order chi connectivity index (χ1) is 16.8. The summed E-state index contributed by atoms with van der Waals surface area (Å²) in [6.45, 7) is 6.93. The number of nitrogens with one attached hydrogen (secondary N) is 1. The van der Waals surface area contributed by atoms with E-state index in [0.717, 1.165) is 52.8 Å². The van der Waals surface area contributed by atoms with Gasteiger partial charge in [0.1, 0.15) is 13.2 Å². The van der Waals surface area contributed by atoms with E-state index in [9.17, 15) is 19.8 Å². The van der Waals surface area contributed by atoms with Gasteiger partial charge >= 0.3 is 11.9 Å². The number of nitrogens with zero attached hydrogens (tertiary/aromatic N) is 1. The van der Waals surface area contributed by atoms with E-state index in [1.165, 1.54) is 0 Å². The van der Waals surface area contributed by atoms with Gasteiger partial charge in [-0.15, -0.1) is 0 Å². The molecule has 0 aromatic heterocycles. The van der Waals surface area contributed by atoms with Crippen molar-refractivity contribution in [3.05, 3.63) is 68.8 Å². The molecule has 3 heterocycles. The minimum absolute atomic E-state index is 0.264. The third kappa shape index (κ3) is 4.47. The van der Waals surface area contributed by atoms with Crippen LogP contribution >= 0.6 is 0 Å². The van der Waals surface area contributed by atoms with Gasteiger partial charge in [0, 0.05) is 36.8 Å². The summed E-state index contributed by atoms with van der Waals surface area (Å²) in [7, 11) is 0. The molecule has 3 aliphatic rings. The van der Waals surface area contributed by atoms with Crippen LogP contribution < -0.4 is 5.32 Å². The molecule has 3 N–H and O–H groups in total. The maximum absolute atomic E-state index is 11.8. The molecule has 2 aromatic carbocycles. The smallest absolute Gasteiger partial charge is 0.338 e. The van der Waals surface area contributed by atoms with Crippen LogP contribution in [0.3, 0.4) is 0 Å². The number of cyclic esters (lactones) is 2. The van der Waals surface area contributed by atoms with Gasteiger partial charge in [-0.1, -0.05) is 12.1 Å². The van der Waals surface area contributed by atoms with Crippen LogP contribution in [-0.2, 0) is 22.7 Å². The SMILES string of the molecule is Cc1c([C@@H](O)CNC[C@H]2CCCN2C[C@H](O)c2ccc3c(c2C)COC3=O)ccc2c1COC2=O. The van der Waals surface area contributed by atoms with E-state index in [1.807, 2.05) is 26.0 Å². The number of hydrogen-bond donors (Lipinski definition) is 3. The molecule has 0 radical (unpaired) electrons. The summed E-state index contributed by atoms with van der Waals surface area (Å²) in [6, 6.07) is 7.40. The van der Waals surface area contributed by atoms with Crippen LogP contribution in [0.1, 0.15) is 79.1 Å². The molecule has 5 rings (SSSR count). The predicted molar refractivity (Wildman–Crippen MR) is 128 cm³/mol. The maximum atomic E-state index is 11.8. The molecule has 0 unspecified atom stereocenters. The van der Waals surface area contributed by atoms with Crippen molar-refractivity contribution < 1.29 is 29.3 Å². The molecule has 186 valence electrons. The Morgan fingerprint density at radius 2 is 1.51 bits per heavy atom. The Kier molecular flexibility index (Phi) is 6.63. The summed E-state index contributed by atoms with van der Waals surface area (Å²) in [5.74, 6) is -0.600. The zero-order chi connectivity index (χ0) is 24.7. The number of β-amino-alcohol motifs (C(OH)–C–C–N with tert-alkyl or cyclic N) is 1. The zero-order valence-electron chi connectivity index (χ0n) is 20.2. The Labute approximate surface area is 204 Å². The highest BCUT2D eigenvalue weighted by molar-refractivity contribution is 5.94. The number of rotatable bonds is 8. The van der Waals surface area contributed by atoms with Gasteiger partial charge in [0.05, 0.1) is 23.3 Å². The third-order valence-electron chi connectivity index (χ3n) is 7.76. The molecule has 0 bridgehead atoms. The molecule has 3 aliphatic heterocycles. The molecule has 0 spiro atoms. The molecular weight excluding hydrogens is 448 g/mol. The lowest BCUT2D eigenvalue weighted by molar-refractivity contribution is 0.0525. The van der Waals surface area contributed by atoms with Gasteiger partial charge in [0.15, 0.2) is 0 Å². The first kappa shape index (κ1) is 23.9. The fraction of sp³-hybridized carbons (Fsp3) is 0.481. The molecule has 8 nitrogen and oxygen atoms in total. The Hall–Kier alpha value is -2.78. The largest absolute Gasteiger partial charge is 0.457 e. The second-order valence-electron chi connectivity index (χ2n) is 9.74.